The van der Waals surface area contributed by atoms with E-state index >= 15 is 0 Å². The smallest absolute Gasteiger partial charge is 0.338 e. The first-order valence-electron chi connectivity index (χ1n) is 6.36. The molecule has 2 aliphatic rings. The Bertz CT molecular complexity index is 639. The highest BCUT2D eigenvalue weighted by molar-refractivity contribution is 5.77. The van der Waals surface area contributed by atoms with E-state index in [2.05, 4.69) is 10.3 Å². The van der Waals surface area contributed by atoms with Crippen molar-refractivity contribution in [3.8, 4) is 0 Å². The minimum atomic E-state index is -0.229. The molecule has 0 amide bonds. The first-order valence-corrected chi connectivity index (χ1v) is 6.36. The van der Waals surface area contributed by atoms with Crippen LogP contribution in [-0.4, -0.2) is 34.3 Å². The Balaban J connectivity index is 1.48. The van der Waals surface area contributed by atoms with Crippen LogP contribution in [0, 0.1) is 11.3 Å². The molecule has 0 unspecified atom stereocenters. The second kappa shape index (κ2) is 3.77. The molecule has 19 heavy (non-hydrogen) atoms. The maximum atomic E-state index is 12.0. The number of ether oxygens (including phenoxy) is 1. The number of nitrogens with zero attached hydrogens (tertiary/aromatic N) is 3. The van der Waals surface area contributed by atoms with Crippen molar-refractivity contribution in [3.05, 3.63) is 24.3 Å². The number of hydrogen-bond acceptors (Lipinski definition) is 5. The average molecular weight is 259 g/mol. The standard InChI is InChI=1S/C13H13N3O3/c17-12(9-5-13(6-9)7-18-8-13)19-16-11-4-2-1-3-10(11)14-15-16/h1-4,9H,5-8H2. The van der Waals surface area contributed by atoms with Crippen LogP contribution in [0.15, 0.2) is 24.3 Å². The van der Waals surface area contributed by atoms with Crippen LogP contribution >= 0.6 is 0 Å². The van der Waals surface area contributed by atoms with Crippen molar-refractivity contribution in [1.29, 1.82) is 0 Å². The summed E-state index contributed by atoms with van der Waals surface area (Å²) in [6.07, 6.45) is 1.72. The number of fused-ring (bicyclic) bond motifs is 1. The van der Waals surface area contributed by atoms with Crippen molar-refractivity contribution in [2.45, 2.75) is 12.8 Å². The van der Waals surface area contributed by atoms with Crippen molar-refractivity contribution in [3.63, 3.8) is 0 Å². The summed E-state index contributed by atoms with van der Waals surface area (Å²) in [5.74, 6) is -0.264. The van der Waals surface area contributed by atoms with Gasteiger partial charge in [0.05, 0.1) is 19.1 Å². The van der Waals surface area contributed by atoms with Gasteiger partial charge in [0.25, 0.3) is 0 Å². The second-order valence-electron chi connectivity index (χ2n) is 5.46. The van der Waals surface area contributed by atoms with Gasteiger partial charge in [0.2, 0.25) is 0 Å². The van der Waals surface area contributed by atoms with Crippen LogP contribution in [0.4, 0.5) is 0 Å². The summed E-state index contributed by atoms with van der Waals surface area (Å²) in [5, 5.41) is 7.79. The van der Waals surface area contributed by atoms with Crippen LogP contribution in [0.3, 0.4) is 0 Å². The predicted octanol–water partition coefficient (Wildman–Crippen LogP) is 0.813. The lowest BCUT2D eigenvalue weighted by Gasteiger charge is -2.51. The van der Waals surface area contributed by atoms with Gasteiger partial charge in [0.15, 0.2) is 0 Å². The molecule has 6 heteroatoms. The SMILES string of the molecule is O=C(On1nnc2ccccc21)C1CC2(COC2)C1. The molecule has 1 saturated heterocycles. The van der Waals surface area contributed by atoms with Gasteiger partial charge in [-0.2, -0.15) is 0 Å². The van der Waals surface area contributed by atoms with Crippen molar-refractivity contribution in [1.82, 2.24) is 15.2 Å². The average Bonchev–Trinajstić information content (AvgIpc) is 2.69. The van der Waals surface area contributed by atoms with Crippen LogP contribution in [-0.2, 0) is 9.53 Å². The molecule has 6 nitrogen and oxygen atoms in total. The summed E-state index contributed by atoms with van der Waals surface area (Å²) < 4.78 is 5.19. The molecule has 2 heterocycles. The third-order valence-electron chi connectivity index (χ3n) is 4.01. The van der Waals surface area contributed by atoms with E-state index in [-0.39, 0.29) is 17.3 Å². The van der Waals surface area contributed by atoms with E-state index in [0.717, 1.165) is 26.1 Å². The van der Waals surface area contributed by atoms with Gasteiger partial charge in [-0.25, -0.2) is 4.79 Å². The van der Waals surface area contributed by atoms with Crippen molar-refractivity contribution in [2.24, 2.45) is 11.3 Å². The molecule has 1 aliphatic heterocycles. The lowest BCUT2D eigenvalue weighted by molar-refractivity contribution is -0.196. The fourth-order valence-corrected chi connectivity index (χ4v) is 2.85. The molecule has 0 N–H and O–H groups in total. The molecule has 0 radical (unpaired) electrons. The molecular weight excluding hydrogens is 246 g/mol. The van der Waals surface area contributed by atoms with Gasteiger partial charge < -0.3 is 9.57 Å². The largest absolute Gasteiger partial charge is 0.380 e. The number of hydrogen-bond donors (Lipinski definition) is 0. The highest BCUT2D eigenvalue weighted by atomic mass is 16.7. The van der Waals surface area contributed by atoms with E-state index in [4.69, 9.17) is 9.57 Å². The number of carbonyl (C=O) groups is 1. The van der Waals surface area contributed by atoms with Gasteiger partial charge >= 0.3 is 5.97 Å². The van der Waals surface area contributed by atoms with Gasteiger partial charge in [-0.15, -0.1) is 5.10 Å². The van der Waals surface area contributed by atoms with Crippen molar-refractivity contribution in [2.75, 3.05) is 13.2 Å². The molecule has 4 rings (SSSR count). The first kappa shape index (κ1) is 10.9. The fourth-order valence-electron chi connectivity index (χ4n) is 2.85. The molecule has 2 aromatic rings. The molecular formula is C13H13N3O3. The van der Waals surface area contributed by atoms with Gasteiger partial charge in [-0.05, 0) is 30.2 Å². The monoisotopic (exact) mass is 259 g/mol. The summed E-state index contributed by atoms with van der Waals surface area (Å²) in [7, 11) is 0. The molecule has 1 aromatic carbocycles. The zero-order valence-corrected chi connectivity index (χ0v) is 10.3. The van der Waals surface area contributed by atoms with E-state index in [0.29, 0.717) is 11.0 Å². The zero-order chi connectivity index (χ0) is 12.9. The Kier molecular flexibility index (Phi) is 2.17. The maximum Gasteiger partial charge on any atom is 0.338 e. The number of rotatable bonds is 2. The summed E-state index contributed by atoms with van der Waals surface area (Å²) in [6, 6.07) is 7.39. The molecule has 0 bridgehead atoms. The van der Waals surface area contributed by atoms with Gasteiger partial charge in [0.1, 0.15) is 11.0 Å². The van der Waals surface area contributed by atoms with Crippen molar-refractivity contribution >= 4 is 17.0 Å². The van der Waals surface area contributed by atoms with Crippen LogP contribution in [0.5, 0.6) is 0 Å². The molecule has 2 fully saturated rings. The number of benzene rings is 1. The van der Waals surface area contributed by atoms with Crippen LogP contribution < -0.4 is 4.84 Å². The zero-order valence-electron chi connectivity index (χ0n) is 10.3. The summed E-state index contributed by atoms with van der Waals surface area (Å²) in [6.45, 7) is 1.56. The van der Waals surface area contributed by atoms with E-state index in [1.165, 1.54) is 4.85 Å². The lowest BCUT2D eigenvalue weighted by atomic mass is 9.61. The number of carbonyl (C=O) groups excluding carboxylic acids is 1. The van der Waals surface area contributed by atoms with Crippen molar-refractivity contribution < 1.29 is 14.4 Å². The minimum Gasteiger partial charge on any atom is -0.380 e. The Morgan fingerprint density at radius 3 is 2.89 bits per heavy atom. The second-order valence-corrected chi connectivity index (χ2v) is 5.46. The Labute approximate surface area is 109 Å². The third-order valence-corrected chi connectivity index (χ3v) is 4.01. The van der Waals surface area contributed by atoms with E-state index in [1.807, 2.05) is 24.3 Å². The van der Waals surface area contributed by atoms with Crippen LogP contribution in [0.25, 0.3) is 11.0 Å². The quantitative estimate of drug-likeness (QED) is 0.747. The Morgan fingerprint density at radius 2 is 2.16 bits per heavy atom. The minimum absolute atomic E-state index is 0.0353. The Hall–Kier alpha value is -1.95. The summed E-state index contributed by atoms with van der Waals surface area (Å²) in [5.41, 5.74) is 1.68. The molecule has 1 aliphatic carbocycles. The summed E-state index contributed by atoms with van der Waals surface area (Å²) in [4.78, 5) is 18.5. The van der Waals surface area contributed by atoms with Crippen LogP contribution in [0.1, 0.15) is 12.8 Å². The molecule has 1 aromatic heterocycles. The predicted molar refractivity (Wildman–Crippen MR) is 65.1 cm³/mol. The van der Waals surface area contributed by atoms with E-state index in [1.54, 1.807) is 0 Å². The fraction of sp³-hybridized carbons (Fsp3) is 0.462. The summed E-state index contributed by atoms with van der Waals surface area (Å²) >= 11 is 0. The topological polar surface area (TPSA) is 66.2 Å². The highest BCUT2D eigenvalue weighted by Gasteiger charge is 2.53. The van der Waals surface area contributed by atoms with E-state index in [9.17, 15) is 4.79 Å². The van der Waals surface area contributed by atoms with E-state index < -0.39 is 0 Å². The molecule has 1 spiro atoms. The lowest BCUT2D eigenvalue weighted by Crippen LogP contribution is -2.55. The third kappa shape index (κ3) is 1.63. The number of aromatic nitrogens is 3. The number of para-hydroxylation sites is 1. The normalized spacial score (nSPS) is 21.1. The van der Waals surface area contributed by atoms with Gasteiger partial charge in [-0.1, -0.05) is 17.0 Å². The maximum absolute atomic E-state index is 12.0. The van der Waals surface area contributed by atoms with Gasteiger partial charge in [-0.3, -0.25) is 0 Å². The molecule has 1 saturated carbocycles. The van der Waals surface area contributed by atoms with Gasteiger partial charge in [0, 0.05) is 5.41 Å². The Morgan fingerprint density at radius 1 is 1.37 bits per heavy atom. The highest BCUT2D eigenvalue weighted by Crippen LogP contribution is 2.50. The van der Waals surface area contributed by atoms with Crippen LogP contribution in [0.2, 0.25) is 0 Å². The molecule has 0 atom stereocenters. The molecule has 98 valence electrons. The first-order chi connectivity index (χ1) is 9.26.